The molecule has 238 valence electrons. The summed E-state index contributed by atoms with van der Waals surface area (Å²) in [5.41, 5.74) is 3.95. The lowest BCUT2D eigenvalue weighted by Gasteiger charge is -2.26. The number of nitrogens with one attached hydrogen (secondary N) is 3. The normalized spacial score (nSPS) is 11.7. The van der Waals surface area contributed by atoms with E-state index in [1.54, 1.807) is 17.8 Å². The summed E-state index contributed by atoms with van der Waals surface area (Å²) in [5.74, 6) is 1.72. The third kappa shape index (κ3) is 7.37. The predicted octanol–water partition coefficient (Wildman–Crippen LogP) is 8.38. The van der Waals surface area contributed by atoms with E-state index in [0.717, 1.165) is 33.3 Å². The highest BCUT2D eigenvalue weighted by atomic mass is 16.5. The second-order valence-electron chi connectivity index (χ2n) is 13.2. The lowest BCUT2D eigenvalue weighted by atomic mass is 9.86. The van der Waals surface area contributed by atoms with E-state index < -0.39 is 0 Å². The molecule has 0 saturated heterocycles. The second kappa shape index (κ2) is 13.0. The van der Waals surface area contributed by atoms with Gasteiger partial charge in [-0.05, 0) is 48.9 Å². The number of benzene rings is 3. The molecule has 2 aromatic heterocycles. The highest BCUT2D eigenvalue weighted by Crippen LogP contribution is 2.34. The van der Waals surface area contributed by atoms with Crippen LogP contribution in [0.2, 0.25) is 0 Å². The van der Waals surface area contributed by atoms with Crippen molar-refractivity contribution in [3.8, 4) is 11.4 Å². The van der Waals surface area contributed by atoms with Gasteiger partial charge in [-0.1, -0.05) is 83.5 Å². The summed E-state index contributed by atoms with van der Waals surface area (Å²) in [6.45, 7) is 14.7. The van der Waals surface area contributed by atoms with E-state index in [1.807, 2.05) is 85.8 Å². The van der Waals surface area contributed by atoms with Gasteiger partial charge < -0.3 is 15.4 Å². The number of nitrogens with zero attached hydrogens (tertiary/aromatic N) is 3. The fourth-order valence-corrected chi connectivity index (χ4v) is 4.99. The molecule has 5 rings (SSSR count). The Kier molecular flexibility index (Phi) is 9.14. The number of aromatic nitrogens is 3. The van der Waals surface area contributed by atoms with Crippen molar-refractivity contribution in [2.24, 2.45) is 0 Å². The third-order valence-electron chi connectivity index (χ3n) is 7.85. The van der Waals surface area contributed by atoms with Crippen LogP contribution in [0.25, 0.3) is 16.5 Å². The van der Waals surface area contributed by atoms with Crippen LogP contribution in [0.3, 0.4) is 0 Å². The molecule has 0 aliphatic heterocycles. The number of pyridine rings is 1. The maximum atomic E-state index is 13.4. The quantitative estimate of drug-likeness (QED) is 0.154. The third-order valence-corrected chi connectivity index (χ3v) is 7.85. The van der Waals surface area contributed by atoms with Crippen LogP contribution >= 0.6 is 0 Å². The van der Waals surface area contributed by atoms with Crippen LogP contribution in [0, 0.1) is 6.92 Å². The first-order valence-corrected chi connectivity index (χ1v) is 15.5. The summed E-state index contributed by atoms with van der Waals surface area (Å²) in [6, 6.07) is 24.9. The lowest BCUT2D eigenvalue weighted by Crippen LogP contribution is -2.26. The Hall–Kier alpha value is -5.18. The van der Waals surface area contributed by atoms with Crippen LogP contribution < -0.4 is 20.7 Å². The molecule has 46 heavy (non-hydrogen) atoms. The molecule has 0 unspecified atom stereocenters. The van der Waals surface area contributed by atoms with Gasteiger partial charge in [0.15, 0.2) is 0 Å². The number of hydrogen-bond acceptors (Lipinski definition) is 5. The number of ether oxygens (including phenoxy) is 1. The molecule has 0 aliphatic rings. The van der Waals surface area contributed by atoms with Gasteiger partial charge >= 0.3 is 6.03 Å². The molecular formula is C37H42N6O3. The van der Waals surface area contributed by atoms with Gasteiger partial charge in [0.05, 0.1) is 23.7 Å². The van der Waals surface area contributed by atoms with Crippen LogP contribution in [0.4, 0.5) is 22.1 Å². The van der Waals surface area contributed by atoms with Crippen molar-refractivity contribution in [2.45, 2.75) is 65.7 Å². The number of anilines is 3. The number of rotatable bonds is 9. The van der Waals surface area contributed by atoms with Crippen LogP contribution in [0.1, 0.15) is 64.8 Å². The van der Waals surface area contributed by atoms with E-state index in [4.69, 9.17) is 9.84 Å². The van der Waals surface area contributed by atoms with Gasteiger partial charge in [-0.25, -0.2) is 14.5 Å². The van der Waals surface area contributed by atoms with Crippen LogP contribution in [0.5, 0.6) is 5.75 Å². The van der Waals surface area contributed by atoms with Crippen molar-refractivity contribution in [3.05, 3.63) is 102 Å². The Balaban J connectivity index is 1.35. The Bertz CT molecular complexity index is 1870. The van der Waals surface area contributed by atoms with Crippen molar-refractivity contribution < 1.29 is 14.3 Å². The zero-order chi connectivity index (χ0) is 33.1. The molecule has 0 atom stereocenters. The molecule has 3 amide bonds. The highest BCUT2D eigenvalue weighted by Gasteiger charge is 2.24. The topological polar surface area (TPSA) is 110 Å². The van der Waals surface area contributed by atoms with Crippen LogP contribution in [-0.2, 0) is 15.6 Å². The van der Waals surface area contributed by atoms with Gasteiger partial charge in [-0.3, -0.25) is 10.1 Å². The summed E-state index contributed by atoms with van der Waals surface area (Å²) < 4.78 is 8.16. The number of hydrogen-bond donors (Lipinski definition) is 3. The molecule has 0 radical (unpaired) electrons. The van der Waals surface area contributed by atoms with Crippen LogP contribution in [-0.4, -0.2) is 33.3 Å². The fourth-order valence-electron chi connectivity index (χ4n) is 4.99. The lowest BCUT2D eigenvalue weighted by molar-refractivity contribution is -0.115. The standard InChI is InChI=1S/C37H42N6O3/c1-8-34(44)40-32-21-25(19-20-38-32)37(6,7)23-46-30-18-17-29(27-11-9-10-12-28(27)30)39-35(45)41-33-22-31(36(3,4)5)42-43(33)26-15-13-24(2)14-16-26/h9-22H,8,23H2,1-7H3,(H,38,40,44)(H2,39,41,45). The molecule has 0 saturated carbocycles. The molecule has 0 spiro atoms. The predicted molar refractivity (Wildman–Crippen MR) is 185 cm³/mol. The van der Waals surface area contributed by atoms with E-state index >= 15 is 0 Å². The van der Waals surface area contributed by atoms with Crippen molar-refractivity contribution >= 4 is 40.0 Å². The van der Waals surface area contributed by atoms with E-state index in [1.165, 1.54) is 0 Å². The highest BCUT2D eigenvalue weighted by molar-refractivity contribution is 6.07. The molecule has 9 heteroatoms. The van der Waals surface area contributed by atoms with Crippen molar-refractivity contribution in [2.75, 3.05) is 22.6 Å². The minimum atomic E-state index is -0.377. The van der Waals surface area contributed by atoms with Gasteiger partial charge in [0.25, 0.3) is 0 Å². The average Bonchev–Trinajstić information content (AvgIpc) is 3.45. The Morgan fingerprint density at radius 2 is 1.57 bits per heavy atom. The first kappa shape index (κ1) is 32.2. The number of urea groups is 1. The Morgan fingerprint density at radius 3 is 2.26 bits per heavy atom. The van der Waals surface area contributed by atoms with Crippen molar-refractivity contribution in [1.29, 1.82) is 0 Å². The summed E-state index contributed by atoms with van der Waals surface area (Å²) in [7, 11) is 0. The average molecular weight is 619 g/mol. The molecule has 5 aromatic rings. The molecule has 2 heterocycles. The summed E-state index contributed by atoms with van der Waals surface area (Å²) >= 11 is 0. The molecule has 0 aliphatic carbocycles. The van der Waals surface area contributed by atoms with Crippen molar-refractivity contribution in [1.82, 2.24) is 14.8 Å². The van der Waals surface area contributed by atoms with E-state index in [0.29, 0.717) is 36.1 Å². The van der Waals surface area contributed by atoms with Gasteiger partial charge in [0, 0.05) is 40.3 Å². The summed E-state index contributed by atoms with van der Waals surface area (Å²) in [4.78, 5) is 29.6. The first-order valence-electron chi connectivity index (χ1n) is 15.5. The SMILES string of the molecule is CCC(=O)Nc1cc(C(C)(C)COc2ccc(NC(=O)Nc3cc(C(C)(C)C)nn3-c3ccc(C)cc3)c3ccccc23)ccn1. The number of carbonyl (C=O) groups is 2. The minimum Gasteiger partial charge on any atom is -0.492 e. The Morgan fingerprint density at radius 1 is 0.848 bits per heavy atom. The fraction of sp³-hybridized carbons (Fsp3) is 0.297. The molecule has 9 nitrogen and oxygen atoms in total. The number of aryl methyl sites for hydroxylation is 1. The van der Waals surface area contributed by atoms with E-state index in [-0.39, 0.29) is 22.8 Å². The van der Waals surface area contributed by atoms with Gasteiger partial charge in [0.2, 0.25) is 5.91 Å². The van der Waals surface area contributed by atoms with Crippen LogP contribution in [0.15, 0.2) is 85.1 Å². The van der Waals surface area contributed by atoms with E-state index in [9.17, 15) is 9.59 Å². The minimum absolute atomic E-state index is 0.0842. The Labute approximate surface area is 270 Å². The largest absolute Gasteiger partial charge is 0.492 e. The summed E-state index contributed by atoms with van der Waals surface area (Å²) in [6.07, 6.45) is 2.08. The number of amides is 3. The number of carbonyl (C=O) groups excluding carboxylic acids is 2. The molecule has 3 aromatic carbocycles. The first-order chi connectivity index (χ1) is 21.8. The summed E-state index contributed by atoms with van der Waals surface area (Å²) in [5, 5.41) is 15.4. The second-order valence-corrected chi connectivity index (χ2v) is 13.2. The molecule has 3 N–H and O–H groups in total. The van der Waals surface area contributed by atoms with Crippen molar-refractivity contribution in [3.63, 3.8) is 0 Å². The maximum absolute atomic E-state index is 13.4. The maximum Gasteiger partial charge on any atom is 0.324 e. The number of fused-ring (bicyclic) bond motifs is 1. The van der Waals surface area contributed by atoms with Gasteiger partial charge in [0.1, 0.15) is 17.4 Å². The van der Waals surface area contributed by atoms with E-state index in [2.05, 4.69) is 55.6 Å². The van der Waals surface area contributed by atoms with Gasteiger partial charge in [-0.2, -0.15) is 5.10 Å². The zero-order valence-electron chi connectivity index (χ0n) is 27.6. The monoisotopic (exact) mass is 618 g/mol. The zero-order valence-corrected chi connectivity index (χ0v) is 27.6. The van der Waals surface area contributed by atoms with Gasteiger partial charge in [-0.15, -0.1) is 0 Å². The molecule has 0 fully saturated rings. The smallest absolute Gasteiger partial charge is 0.324 e. The molecular weight excluding hydrogens is 576 g/mol. The molecule has 0 bridgehead atoms.